The molecule has 0 bridgehead atoms. The molecule has 4 nitrogen and oxygen atoms in total. The maximum Gasteiger partial charge on any atom is 0.324 e. The predicted molar refractivity (Wildman–Crippen MR) is 72.2 cm³/mol. The van der Waals surface area contributed by atoms with Crippen molar-refractivity contribution in [1.29, 1.82) is 0 Å². The number of rotatable bonds is 6. The van der Waals surface area contributed by atoms with E-state index in [9.17, 15) is 9.59 Å². The van der Waals surface area contributed by atoms with E-state index in [0.29, 0.717) is 0 Å². The van der Waals surface area contributed by atoms with Gasteiger partial charge in [0.15, 0.2) is 5.92 Å². The van der Waals surface area contributed by atoms with Gasteiger partial charge < -0.3 is 9.47 Å². The van der Waals surface area contributed by atoms with Crippen LogP contribution in [0.2, 0.25) is 0 Å². The van der Waals surface area contributed by atoms with E-state index < -0.39 is 17.9 Å². The van der Waals surface area contributed by atoms with Crippen molar-refractivity contribution in [2.24, 2.45) is 5.92 Å². The van der Waals surface area contributed by atoms with Crippen LogP contribution in [-0.2, 0) is 19.1 Å². The summed E-state index contributed by atoms with van der Waals surface area (Å²) in [4.78, 5) is 23.4. The second-order valence-electron chi connectivity index (χ2n) is 3.75. The standard InChI is InChI=1S/C15H18O4/c1-3-18-14(16)13(15(17)19-4-2)11-10-12-8-6-5-7-9-12/h5-11,13H,3-4H2,1-2H3. The molecule has 4 heteroatoms. The molecule has 0 saturated carbocycles. The largest absolute Gasteiger partial charge is 0.465 e. The Kier molecular flexibility index (Phi) is 6.36. The highest BCUT2D eigenvalue weighted by molar-refractivity contribution is 5.97. The van der Waals surface area contributed by atoms with Gasteiger partial charge in [0.05, 0.1) is 13.2 Å². The van der Waals surface area contributed by atoms with Gasteiger partial charge in [0.1, 0.15) is 0 Å². The minimum absolute atomic E-state index is 0.230. The van der Waals surface area contributed by atoms with Gasteiger partial charge in [-0.25, -0.2) is 0 Å². The van der Waals surface area contributed by atoms with Crippen molar-refractivity contribution in [3.63, 3.8) is 0 Å². The van der Waals surface area contributed by atoms with Gasteiger partial charge >= 0.3 is 11.9 Å². The van der Waals surface area contributed by atoms with Gasteiger partial charge in [0, 0.05) is 0 Å². The molecule has 0 amide bonds. The lowest BCUT2D eigenvalue weighted by Crippen LogP contribution is -2.26. The number of hydrogen-bond donors (Lipinski definition) is 0. The number of ether oxygens (including phenoxy) is 2. The summed E-state index contributed by atoms with van der Waals surface area (Å²) in [6.45, 7) is 3.85. The molecule has 19 heavy (non-hydrogen) atoms. The monoisotopic (exact) mass is 262 g/mol. The van der Waals surface area contributed by atoms with Crippen LogP contribution in [0.1, 0.15) is 19.4 Å². The number of benzene rings is 1. The zero-order valence-corrected chi connectivity index (χ0v) is 11.2. The van der Waals surface area contributed by atoms with E-state index in [-0.39, 0.29) is 13.2 Å². The lowest BCUT2D eigenvalue weighted by Gasteiger charge is -2.10. The topological polar surface area (TPSA) is 52.6 Å². The molecule has 0 saturated heterocycles. The summed E-state index contributed by atoms with van der Waals surface area (Å²) < 4.78 is 9.74. The van der Waals surface area contributed by atoms with Crippen molar-refractivity contribution in [3.05, 3.63) is 42.0 Å². The maximum atomic E-state index is 11.7. The zero-order valence-electron chi connectivity index (χ0n) is 11.2. The minimum atomic E-state index is -1.01. The van der Waals surface area contributed by atoms with Crippen molar-refractivity contribution in [1.82, 2.24) is 0 Å². The molecule has 0 aliphatic rings. The first kappa shape index (κ1) is 15.0. The average Bonchev–Trinajstić information content (AvgIpc) is 2.41. The number of hydrogen-bond acceptors (Lipinski definition) is 4. The maximum absolute atomic E-state index is 11.7. The molecule has 1 rings (SSSR count). The van der Waals surface area contributed by atoms with Crippen LogP contribution < -0.4 is 0 Å². The summed E-state index contributed by atoms with van der Waals surface area (Å²) in [6.07, 6.45) is 3.21. The lowest BCUT2D eigenvalue weighted by atomic mass is 10.1. The number of carbonyl (C=O) groups is 2. The Hall–Kier alpha value is -2.10. The van der Waals surface area contributed by atoms with E-state index in [1.54, 1.807) is 19.9 Å². The Balaban J connectivity index is 2.82. The van der Waals surface area contributed by atoms with E-state index in [4.69, 9.17) is 9.47 Å². The van der Waals surface area contributed by atoms with Crippen molar-refractivity contribution in [2.45, 2.75) is 13.8 Å². The first-order valence-corrected chi connectivity index (χ1v) is 6.25. The molecule has 0 aliphatic heterocycles. The molecule has 0 aliphatic carbocycles. The van der Waals surface area contributed by atoms with Crippen LogP contribution in [0.15, 0.2) is 36.4 Å². The van der Waals surface area contributed by atoms with Crippen molar-refractivity contribution in [2.75, 3.05) is 13.2 Å². The SMILES string of the molecule is CCOC(=O)C(C=Cc1ccccc1)C(=O)OCC. The average molecular weight is 262 g/mol. The summed E-state index contributed by atoms with van der Waals surface area (Å²) in [7, 11) is 0. The van der Waals surface area contributed by atoms with Crippen molar-refractivity contribution >= 4 is 18.0 Å². The normalized spacial score (nSPS) is 10.7. The first-order chi connectivity index (χ1) is 9.19. The van der Waals surface area contributed by atoms with Gasteiger partial charge in [-0.3, -0.25) is 9.59 Å². The van der Waals surface area contributed by atoms with Crippen LogP contribution in [0.5, 0.6) is 0 Å². The van der Waals surface area contributed by atoms with Crippen LogP contribution in [0, 0.1) is 5.92 Å². The summed E-state index contributed by atoms with van der Waals surface area (Å²) in [5.41, 5.74) is 0.904. The number of esters is 2. The van der Waals surface area contributed by atoms with Gasteiger partial charge in [0.25, 0.3) is 0 Å². The van der Waals surface area contributed by atoms with Crippen molar-refractivity contribution in [3.8, 4) is 0 Å². The van der Waals surface area contributed by atoms with E-state index in [1.165, 1.54) is 6.08 Å². The lowest BCUT2D eigenvalue weighted by molar-refractivity contribution is -0.158. The first-order valence-electron chi connectivity index (χ1n) is 6.25. The molecule has 1 aromatic rings. The van der Waals surface area contributed by atoms with Gasteiger partial charge in [0.2, 0.25) is 0 Å². The fraction of sp³-hybridized carbons (Fsp3) is 0.333. The smallest absolute Gasteiger partial charge is 0.324 e. The molecule has 0 aromatic heterocycles. The third kappa shape index (κ3) is 4.95. The van der Waals surface area contributed by atoms with E-state index in [0.717, 1.165) is 5.56 Å². The zero-order chi connectivity index (χ0) is 14.1. The summed E-state index contributed by atoms with van der Waals surface area (Å²) in [5.74, 6) is -2.19. The molecule has 0 N–H and O–H groups in total. The third-order valence-corrected chi connectivity index (χ3v) is 2.36. The van der Waals surface area contributed by atoms with Gasteiger partial charge in [-0.15, -0.1) is 0 Å². The predicted octanol–water partition coefficient (Wildman–Crippen LogP) is 2.44. The summed E-state index contributed by atoms with van der Waals surface area (Å²) in [5, 5.41) is 0. The van der Waals surface area contributed by atoms with Gasteiger partial charge in [-0.1, -0.05) is 42.5 Å². The van der Waals surface area contributed by atoms with Crippen LogP contribution in [0.25, 0.3) is 6.08 Å². The van der Waals surface area contributed by atoms with Crippen LogP contribution in [0.4, 0.5) is 0 Å². The van der Waals surface area contributed by atoms with Crippen LogP contribution >= 0.6 is 0 Å². The molecule has 102 valence electrons. The van der Waals surface area contributed by atoms with E-state index >= 15 is 0 Å². The third-order valence-electron chi connectivity index (χ3n) is 2.36. The summed E-state index contributed by atoms with van der Waals surface area (Å²) in [6, 6.07) is 9.41. The highest BCUT2D eigenvalue weighted by atomic mass is 16.6. The van der Waals surface area contributed by atoms with E-state index in [2.05, 4.69) is 0 Å². The second kappa shape index (κ2) is 8.08. The molecule has 0 unspecified atom stereocenters. The van der Waals surface area contributed by atoms with Gasteiger partial charge in [-0.2, -0.15) is 0 Å². The quantitative estimate of drug-likeness (QED) is 0.583. The molecular weight excluding hydrogens is 244 g/mol. The highest BCUT2D eigenvalue weighted by Gasteiger charge is 2.26. The van der Waals surface area contributed by atoms with Gasteiger partial charge in [-0.05, 0) is 19.4 Å². The Morgan fingerprint density at radius 2 is 1.58 bits per heavy atom. The van der Waals surface area contributed by atoms with Crippen LogP contribution in [0.3, 0.4) is 0 Å². The summed E-state index contributed by atoms with van der Waals surface area (Å²) >= 11 is 0. The molecular formula is C15H18O4. The Labute approximate surface area is 113 Å². The minimum Gasteiger partial charge on any atom is -0.465 e. The van der Waals surface area contributed by atoms with Crippen LogP contribution in [-0.4, -0.2) is 25.2 Å². The Bertz CT molecular complexity index is 419. The molecule has 0 radical (unpaired) electrons. The fourth-order valence-corrected chi connectivity index (χ4v) is 1.49. The molecule has 0 heterocycles. The molecule has 1 aromatic carbocycles. The molecule has 0 spiro atoms. The molecule has 0 atom stereocenters. The highest BCUT2D eigenvalue weighted by Crippen LogP contribution is 2.10. The van der Waals surface area contributed by atoms with Crippen molar-refractivity contribution < 1.29 is 19.1 Å². The molecule has 0 fully saturated rings. The van der Waals surface area contributed by atoms with E-state index in [1.807, 2.05) is 30.3 Å². The fourth-order valence-electron chi connectivity index (χ4n) is 1.49. The Morgan fingerprint density at radius 1 is 1.05 bits per heavy atom. The number of carbonyl (C=O) groups excluding carboxylic acids is 2. The second-order valence-corrected chi connectivity index (χ2v) is 3.75. The Morgan fingerprint density at radius 3 is 2.05 bits per heavy atom.